The van der Waals surface area contributed by atoms with E-state index >= 15 is 0 Å². The van der Waals surface area contributed by atoms with Gasteiger partial charge in [-0.15, -0.1) is 0 Å². The van der Waals surface area contributed by atoms with Crippen LogP contribution >= 0.6 is 0 Å². The Hall–Kier alpha value is -16.1. The molecule has 644 valence electrons. The number of aromatic carboxylic acids is 1. The molecule has 0 amide bonds. The van der Waals surface area contributed by atoms with Crippen LogP contribution in [0.4, 0.5) is 0 Å². The summed E-state index contributed by atoms with van der Waals surface area (Å²) in [5, 5.41) is 26.9. The van der Waals surface area contributed by atoms with E-state index in [0.29, 0.717) is 5.56 Å². The van der Waals surface area contributed by atoms with Crippen LogP contribution in [-0.2, 0) is 6.42 Å². The van der Waals surface area contributed by atoms with Gasteiger partial charge in [-0.1, -0.05) is 437 Å². The average molecular weight is 1710 g/mol. The van der Waals surface area contributed by atoms with Crippen LogP contribution < -0.4 is 0 Å². The molecule has 0 aliphatic rings. The van der Waals surface area contributed by atoms with Gasteiger partial charge in [0.05, 0.1) is 5.56 Å². The monoisotopic (exact) mass is 1710 g/mol. The van der Waals surface area contributed by atoms with E-state index in [2.05, 4.69) is 454 Å². The standard InChI is InChI=1S/2C20H18.C19H16.2C18H16.C17H12O2.C17H14O/c1-3-7-16-8-6-9-17(14-16)19-13-12-15(2)18-10-4-5-11-20(18)19;1-3-7-16-8-6-10-18(14-16)20-15(2)12-13-17-9-4-5-11-19(17)20;1-2-6-15-7-5-10-17(13-15)19-12-11-16-8-3-4-9-18(16)14-19;1-13-7-8-14(2)18(11-13)17-10-9-15-5-3-4-6-16(15)12-17;1-2-14-7-5-10-16(13-14)18-12-6-9-15-8-3-4-11-17(15)18;18-17(19)14-8-3-7-13(11-14)16-10-4-6-12-5-1-2-9-15(12)16;1-2-6-14-11-12-17(18-14)16-10-5-8-13-7-3-4-9-15(13)16/h2*3-14H,1-2H3;2-14H,1H3;3-12H,1-2H3;3-13H,2H2,1H3;1-11H,(H,18,19);2-12H,1H3/b2*7-3+;6-2+;;;;6-2+. The van der Waals surface area contributed by atoms with Crippen molar-refractivity contribution in [2.75, 3.05) is 0 Å². The normalized spacial score (nSPS) is 11.0. The van der Waals surface area contributed by atoms with E-state index < -0.39 is 5.97 Å². The van der Waals surface area contributed by atoms with E-state index in [4.69, 9.17) is 9.52 Å². The van der Waals surface area contributed by atoms with Crippen LogP contribution in [0.25, 0.3) is 178 Å². The van der Waals surface area contributed by atoms with Crippen LogP contribution in [0.15, 0.2) is 465 Å². The zero-order valence-electron chi connectivity index (χ0n) is 76.7. The van der Waals surface area contributed by atoms with Gasteiger partial charge >= 0.3 is 5.97 Å². The number of rotatable bonds is 13. The van der Waals surface area contributed by atoms with Gasteiger partial charge in [0.25, 0.3) is 0 Å². The Morgan fingerprint density at radius 3 is 1.20 bits per heavy atom. The van der Waals surface area contributed by atoms with E-state index in [0.717, 1.165) is 45.4 Å². The molecular weight excluding hydrogens is 1600 g/mol. The first-order valence-corrected chi connectivity index (χ1v) is 45.5. The molecular formula is C129H110O3. The molecule has 1 N–H and O–H groups in total. The molecule has 21 aromatic rings. The van der Waals surface area contributed by atoms with Gasteiger partial charge in [0.2, 0.25) is 0 Å². The van der Waals surface area contributed by atoms with Crippen LogP contribution in [0.5, 0.6) is 0 Å². The van der Waals surface area contributed by atoms with Crippen molar-refractivity contribution < 1.29 is 14.3 Å². The van der Waals surface area contributed by atoms with Gasteiger partial charge < -0.3 is 9.52 Å². The number of furan rings is 1. The maximum atomic E-state index is 11.0. The van der Waals surface area contributed by atoms with Gasteiger partial charge in [-0.05, 0) is 304 Å². The molecule has 0 aliphatic heterocycles. The topological polar surface area (TPSA) is 50.4 Å². The molecule has 20 aromatic carbocycles. The third kappa shape index (κ3) is 22.7. The van der Waals surface area contributed by atoms with Crippen LogP contribution in [0.2, 0.25) is 0 Å². The molecule has 0 fully saturated rings. The summed E-state index contributed by atoms with van der Waals surface area (Å²) in [5.74, 6) is 0.905. The minimum atomic E-state index is -0.901. The molecule has 132 heavy (non-hydrogen) atoms. The van der Waals surface area contributed by atoms with E-state index in [9.17, 15) is 4.79 Å². The van der Waals surface area contributed by atoms with Gasteiger partial charge in [-0.3, -0.25) is 0 Å². The van der Waals surface area contributed by atoms with Crippen molar-refractivity contribution in [1.82, 2.24) is 0 Å². The van der Waals surface area contributed by atoms with Crippen molar-refractivity contribution in [2.45, 2.75) is 68.7 Å². The number of carboxylic acids is 1. The van der Waals surface area contributed by atoms with Crippen molar-refractivity contribution in [3.63, 3.8) is 0 Å². The third-order valence-corrected chi connectivity index (χ3v) is 23.8. The highest BCUT2D eigenvalue weighted by Crippen LogP contribution is 2.38. The molecule has 0 unspecified atom stereocenters. The molecule has 0 saturated carbocycles. The highest BCUT2D eigenvalue weighted by Gasteiger charge is 2.14. The molecule has 0 atom stereocenters. The summed E-state index contributed by atoms with van der Waals surface area (Å²) in [7, 11) is 0. The molecule has 0 aliphatic carbocycles. The number of benzene rings is 20. The molecule has 1 heterocycles. The minimum Gasteiger partial charge on any atom is -0.478 e. The SMILES string of the molecule is C/C=C/c1ccc(-c2cccc3ccccc23)o1.C/C=C/c1cccc(-c2c(C)ccc3ccccc23)c1.C/C=C/c1cccc(-c2ccc(C)c3ccccc23)c1.C/C=C/c1cccc(-c2ccc3ccccc3c2)c1.CCc1cccc(-c2cccc3ccccc23)c1.Cc1ccc(C)c(-c2ccc3ccccc3c2)c1.O=C(O)c1cccc(-c2cccc3ccccc23)c1. The van der Waals surface area contributed by atoms with Crippen molar-refractivity contribution in [3.8, 4) is 78.1 Å². The summed E-state index contributed by atoms with van der Waals surface area (Å²) in [4.78, 5) is 11.0. The van der Waals surface area contributed by atoms with Gasteiger partial charge in [0, 0.05) is 5.56 Å². The number of allylic oxidation sites excluding steroid dienone is 4. The molecule has 0 bridgehead atoms. The Labute approximate surface area is 778 Å². The van der Waals surface area contributed by atoms with Crippen molar-refractivity contribution in [1.29, 1.82) is 0 Å². The molecule has 0 saturated heterocycles. The Kier molecular flexibility index (Phi) is 30.6. The van der Waals surface area contributed by atoms with Crippen LogP contribution in [0, 0.1) is 27.7 Å². The average Bonchev–Trinajstić information content (AvgIpc) is 1.21. The lowest BCUT2D eigenvalue weighted by molar-refractivity contribution is 0.0696. The maximum Gasteiger partial charge on any atom is 0.335 e. The summed E-state index contributed by atoms with van der Waals surface area (Å²) < 4.78 is 5.83. The highest BCUT2D eigenvalue weighted by atomic mass is 16.4. The summed E-state index contributed by atoms with van der Waals surface area (Å²) >= 11 is 0. The number of carboxylic acid groups (broad SMARTS) is 1. The van der Waals surface area contributed by atoms with Gasteiger partial charge in [0.15, 0.2) is 0 Å². The molecule has 3 nitrogen and oxygen atoms in total. The Balaban J connectivity index is 0.000000118. The Morgan fingerprint density at radius 1 is 0.258 bits per heavy atom. The van der Waals surface area contributed by atoms with Gasteiger partial charge in [-0.2, -0.15) is 0 Å². The van der Waals surface area contributed by atoms with Gasteiger partial charge in [-0.25, -0.2) is 4.79 Å². The third-order valence-electron chi connectivity index (χ3n) is 23.8. The molecule has 21 rings (SSSR count). The number of hydrogen-bond acceptors (Lipinski definition) is 2. The van der Waals surface area contributed by atoms with Crippen molar-refractivity contribution in [3.05, 3.63) is 517 Å². The smallest absolute Gasteiger partial charge is 0.335 e. The van der Waals surface area contributed by atoms with Gasteiger partial charge in [0.1, 0.15) is 11.5 Å². The van der Waals surface area contributed by atoms with Crippen molar-refractivity contribution >= 4 is 106 Å². The Bertz CT molecular complexity index is 7690. The first-order valence-electron chi connectivity index (χ1n) is 45.5. The van der Waals surface area contributed by atoms with E-state index in [1.165, 1.54) is 165 Å². The van der Waals surface area contributed by atoms with Crippen LogP contribution in [-0.4, -0.2) is 11.1 Å². The lowest BCUT2D eigenvalue weighted by Crippen LogP contribution is -1.95. The second-order valence-corrected chi connectivity index (χ2v) is 33.0. The van der Waals surface area contributed by atoms with Crippen molar-refractivity contribution in [2.24, 2.45) is 0 Å². The largest absolute Gasteiger partial charge is 0.478 e. The second kappa shape index (κ2) is 44.6. The number of aryl methyl sites for hydroxylation is 5. The van der Waals surface area contributed by atoms with Crippen LogP contribution in [0.3, 0.4) is 0 Å². The first-order chi connectivity index (χ1) is 64.7. The quantitative estimate of drug-likeness (QED) is 0.125. The van der Waals surface area contributed by atoms with E-state index in [-0.39, 0.29) is 0 Å². The van der Waals surface area contributed by atoms with E-state index in [1.54, 1.807) is 18.2 Å². The van der Waals surface area contributed by atoms with Crippen LogP contribution in [0.1, 0.15) is 95.2 Å². The summed E-state index contributed by atoms with van der Waals surface area (Å²) in [6.07, 6.45) is 17.7. The molecule has 0 spiro atoms. The summed E-state index contributed by atoms with van der Waals surface area (Å²) in [5.41, 5.74) is 26.9. The predicted octanol–water partition coefficient (Wildman–Crippen LogP) is 36.8. The zero-order valence-corrected chi connectivity index (χ0v) is 76.7. The lowest BCUT2D eigenvalue weighted by atomic mass is 9.93. The zero-order chi connectivity index (χ0) is 91.5. The molecule has 3 heteroatoms. The first kappa shape index (κ1) is 90.7. The molecule has 1 aromatic heterocycles. The second-order valence-electron chi connectivity index (χ2n) is 33.0. The number of fused-ring (bicyclic) bond motifs is 7. The number of carbonyl (C=O) groups is 1. The summed E-state index contributed by atoms with van der Waals surface area (Å²) in [6, 6.07) is 153. The fourth-order valence-corrected chi connectivity index (χ4v) is 17.2. The minimum absolute atomic E-state index is 0.311. The molecule has 0 radical (unpaired) electrons. The Morgan fingerprint density at radius 2 is 0.636 bits per heavy atom. The lowest BCUT2D eigenvalue weighted by Gasteiger charge is -2.11. The highest BCUT2D eigenvalue weighted by molar-refractivity contribution is 6.03. The number of hydrogen-bond donors (Lipinski definition) is 1. The maximum absolute atomic E-state index is 11.0. The fourth-order valence-electron chi connectivity index (χ4n) is 17.2. The predicted molar refractivity (Wildman–Crippen MR) is 572 cm³/mol. The van der Waals surface area contributed by atoms with E-state index in [1.807, 2.05) is 75.4 Å². The summed E-state index contributed by atoms with van der Waals surface area (Å²) in [6.45, 7) is 19.0. The fraction of sp³-hybridized carbons (Fsp3) is 0.0775.